The maximum Gasteiger partial charge on any atom is 0.142 e. The highest BCUT2D eigenvalue weighted by atomic mass is 16.5. The first-order valence-electron chi connectivity index (χ1n) is 7.66. The summed E-state index contributed by atoms with van der Waals surface area (Å²) >= 11 is 0. The van der Waals surface area contributed by atoms with Crippen LogP contribution in [0.2, 0.25) is 0 Å². The number of hydrogen-bond donors (Lipinski definition) is 1. The minimum Gasteiger partial charge on any atom is -0.491 e. The van der Waals surface area contributed by atoms with Crippen molar-refractivity contribution in [1.29, 1.82) is 0 Å². The Bertz CT molecular complexity index is 548. The molecule has 0 radical (unpaired) electrons. The van der Waals surface area contributed by atoms with E-state index >= 15 is 0 Å². The highest BCUT2D eigenvalue weighted by molar-refractivity contribution is 5.56. The standard InChI is InChI=1S/C17H25N3O/c1-4-9-20-12-15(11-19-20)10-18-16-7-5-6-8-17(16)21-13-14(2)3/h5-8,11-12,14,18H,4,9-10,13H2,1-3H3. The molecule has 0 saturated heterocycles. The van der Waals surface area contributed by atoms with Crippen molar-refractivity contribution in [3.63, 3.8) is 0 Å². The second-order valence-corrected chi connectivity index (χ2v) is 5.67. The van der Waals surface area contributed by atoms with Crippen LogP contribution < -0.4 is 10.1 Å². The monoisotopic (exact) mass is 287 g/mol. The highest BCUT2D eigenvalue weighted by Crippen LogP contribution is 2.24. The smallest absolute Gasteiger partial charge is 0.142 e. The molecule has 0 amide bonds. The molecule has 1 aromatic heterocycles. The van der Waals surface area contributed by atoms with Crippen molar-refractivity contribution in [2.45, 2.75) is 40.3 Å². The molecule has 0 unspecified atom stereocenters. The molecule has 0 aliphatic carbocycles. The first kappa shape index (κ1) is 15.4. The lowest BCUT2D eigenvalue weighted by Gasteiger charge is -2.14. The number of ether oxygens (including phenoxy) is 1. The molecule has 2 rings (SSSR count). The molecule has 114 valence electrons. The number of nitrogens with one attached hydrogen (secondary N) is 1. The maximum absolute atomic E-state index is 5.85. The average Bonchev–Trinajstić information content (AvgIpc) is 2.92. The van der Waals surface area contributed by atoms with E-state index in [-0.39, 0.29) is 0 Å². The Morgan fingerprint density at radius 3 is 2.86 bits per heavy atom. The van der Waals surface area contributed by atoms with Gasteiger partial charge in [0.05, 0.1) is 18.5 Å². The minimum absolute atomic E-state index is 0.519. The summed E-state index contributed by atoms with van der Waals surface area (Å²) in [4.78, 5) is 0. The Morgan fingerprint density at radius 1 is 1.29 bits per heavy atom. The van der Waals surface area contributed by atoms with Gasteiger partial charge in [-0.05, 0) is 24.5 Å². The molecule has 0 aliphatic heterocycles. The van der Waals surface area contributed by atoms with Crippen LogP contribution in [0.25, 0.3) is 0 Å². The third-order valence-corrected chi connectivity index (χ3v) is 3.08. The summed E-state index contributed by atoms with van der Waals surface area (Å²) in [5.74, 6) is 1.43. The van der Waals surface area contributed by atoms with Gasteiger partial charge in [0.15, 0.2) is 0 Å². The van der Waals surface area contributed by atoms with E-state index in [2.05, 4.69) is 37.4 Å². The second kappa shape index (κ2) is 7.72. The summed E-state index contributed by atoms with van der Waals surface area (Å²) < 4.78 is 7.83. The van der Waals surface area contributed by atoms with E-state index in [4.69, 9.17) is 4.74 Å². The third-order valence-electron chi connectivity index (χ3n) is 3.08. The summed E-state index contributed by atoms with van der Waals surface area (Å²) in [6, 6.07) is 8.07. The molecule has 2 aromatic rings. The number of aromatic nitrogens is 2. The number of aryl methyl sites for hydroxylation is 1. The highest BCUT2D eigenvalue weighted by Gasteiger charge is 2.05. The zero-order chi connectivity index (χ0) is 15.1. The van der Waals surface area contributed by atoms with Crippen molar-refractivity contribution in [1.82, 2.24) is 9.78 Å². The SMILES string of the molecule is CCCn1cc(CNc2ccccc2OCC(C)C)cn1. The Kier molecular flexibility index (Phi) is 5.67. The van der Waals surface area contributed by atoms with Crippen molar-refractivity contribution in [2.75, 3.05) is 11.9 Å². The van der Waals surface area contributed by atoms with Crippen molar-refractivity contribution < 1.29 is 4.74 Å². The van der Waals surface area contributed by atoms with Crippen LogP contribution in [0.1, 0.15) is 32.8 Å². The lowest BCUT2D eigenvalue weighted by atomic mass is 10.2. The van der Waals surface area contributed by atoms with E-state index in [9.17, 15) is 0 Å². The molecular weight excluding hydrogens is 262 g/mol. The summed E-state index contributed by atoms with van der Waals surface area (Å²) in [6.07, 6.45) is 5.11. The molecule has 1 N–H and O–H groups in total. The molecule has 4 heteroatoms. The number of hydrogen-bond acceptors (Lipinski definition) is 3. The Balaban J connectivity index is 1.95. The molecule has 0 fully saturated rings. The fourth-order valence-electron chi connectivity index (χ4n) is 2.04. The van der Waals surface area contributed by atoms with E-state index in [1.807, 2.05) is 35.1 Å². The molecular formula is C17H25N3O. The average molecular weight is 287 g/mol. The number of para-hydroxylation sites is 2. The quantitative estimate of drug-likeness (QED) is 0.799. The molecule has 0 atom stereocenters. The number of anilines is 1. The lowest BCUT2D eigenvalue weighted by molar-refractivity contribution is 0.272. The molecule has 21 heavy (non-hydrogen) atoms. The van der Waals surface area contributed by atoms with E-state index in [0.717, 1.165) is 37.6 Å². The predicted molar refractivity (Wildman–Crippen MR) is 86.6 cm³/mol. The minimum atomic E-state index is 0.519. The maximum atomic E-state index is 5.85. The Hall–Kier alpha value is -1.97. The van der Waals surface area contributed by atoms with Gasteiger partial charge in [-0.25, -0.2) is 0 Å². The van der Waals surface area contributed by atoms with E-state index < -0.39 is 0 Å². The van der Waals surface area contributed by atoms with Gasteiger partial charge in [-0.1, -0.05) is 32.9 Å². The number of nitrogens with zero attached hydrogens (tertiary/aromatic N) is 2. The largest absolute Gasteiger partial charge is 0.491 e. The van der Waals surface area contributed by atoms with Gasteiger partial charge in [-0.2, -0.15) is 5.10 Å². The number of benzene rings is 1. The Labute approximate surface area is 127 Å². The van der Waals surface area contributed by atoms with Crippen LogP contribution >= 0.6 is 0 Å². The fourth-order valence-corrected chi connectivity index (χ4v) is 2.04. The first-order chi connectivity index (χ1) is 10.2. The molecule has 0 aliphatic rings. The van der Waals surface area contributed by atoms with Gasteiger partial charge in [-0.3, -0.25) is 4.68 Å². The molecule has 0 saturated carbocycles. The van der Waals surface area contributed by atoms with Gasteiger partial charge >= 0.3 is 0 Å². The zero-order valence-electron chi connectivity index (χ0n) is 13.2. The van der Waals surface area contributed by atoms with Gasteiger partial charge in [0.2, 0.25) is 0 Å². The summed E-state index contributed by atoms with van der Waals surface area (Å²) in [5.41, 5.74) is 2.21. The lowest BCUT2D eigenvalue weighted by Crippen LogP contribution is -2.07. The van der Waals surface area contributed by atoms with Crippen LogP contribution in [-0.4, -0.2) is 16.4 Å². The number of rotatable bonds is 8. The zero-order valence-corrected chi connectivity index (χ0v) is 13.2. The topological polar surface area (TPSA) is 39.1 Å². The van der Waals surface area contributed by atoms with Crippen molar-refractivity contribution in [2.24, 2.45) is 5.92 Å². The predicted octanol–water partition coefficient (Wildman–Crippen LogP) is 3.94. The molecule has 1 aromatic carbocycles. The summed E-state index contributed by atoms with van der Waals surface area (Å²) in [7, 11) is 0. The van der Waals surface area contributed by atoms with E-state index in [0.29, 0.717) is 5.92 Å². The molecule has 4 nitrogen and oxygen atoms in total. The molecule has 0 bridgehead atoms. The van der Waals surface area contributed by atoms with Crippen molar-refractivity contribution in [3.05, 3.63) is 42.2 Å². The van der Waals surface area contributed by atoms with Crippen LogP contribution in [0.15, 0.2) is 36.7 Å². The summed E-state index contributed by atoms with van der Waals surface area (Å²) in [6.45, 7) is 8.91. The van der Waals surface area contributed by atoms with Crippen LogP contribution in [0, 0.1) is 5.92 Å². The van der Waals surface area contributed by atoms with Crippen molar-refractivity contribution >= 4 is 5.69 Å². The van der Waals surface area contributed by atoms with Crippen LogP contribution in [0.5, 0.6) is 5.75 Å². The molecule has 0 spiro atoms. The van der Waals surface area contributed by atoms with Gasteiger partial charge in [0, 0.05) is 24.8 Å². The van der Waals surface area contributed by atoms with Crippen LogP contribution in [-0.2, 0) is 13.1 Å². The Morgan fingerprint density at radius 2 is 2.10 bits per heavy atom. The third kappa shape index (κ3) is 4.81. The summed E-state index contributed by atoms with van der Waals surface area (Å²) in [5, 5.41) is 7.78. The first-order valence-corrected chi connectivity index (χ1v) is 7.66. The van der Waals surface area contributed by atoms with Crippen molar-refractivity contribution in [3.8, 4) is 5.75 Å². The van der Waals surface area contributed by atoms with E-state index in [1.54, 1.807) is 0 Å². The van der Waals surface area contributed by atoms with Gasteiger partial charge in [-0.15, -0.1) is 0 Å². The van der Waals surface area contributed by atoms with Crippen LogP contribution in [0.4, 0.5) is 5.69 Å². The van der Waals surface area contributed by atoms with Crippen LogP contribution in [0.3, 0.4) is 0 Å². The normalized spacial score (nSPS) is 10.9. The van der Waals surface area contributed by atoms with Gasteiger partial charge in [0.1, 0.15) is 5.75 Å². The van der Waals surface area contributed by atoms with Gasteiger partial charge in [0.25, 0.3) is 0 Å². The fraction of sp³-hybridized carbons (Fsp3) is 0.471. The van der Waals surface area contributed by atoms with Gasteiger partial charge < -0.3 is 10.1 Å². The second-order valence-electron chi connectivity index (χ2n) is 5.67. The van der Waals surface area contributed by atoms with E-state index in [1.165, 1.54) is 5.56 Å². The molecule has 1 heterocycles.